The molecule has 0 N–H and O–H groups in total. The Hall–Kier alpha value is -3.19. The molecule has 5 rings (SSSR count). The summed E-state index contributed by atoms with van der Waals surface area (Å²) in [6, 6.07) is 15.5. The Kier molecular flexibility index (Phi) is 6.39. The maximum absolute atomic E-state index is 13.4. The van der Waals surface area contributed by atoms with Crippen LogP contribution >= 0.6 is 0 Å². The molecule has 2 aliphatic heterocycles. The number of carbonyl (C=O) groups excluding carboxylic acids is 1. The quantitative estimate of drug-likeness (QED) is 0.524. The molecule has 1 atom stereocenters. The van der Waals surface area contributed by atoms with Crippen LogP contribution in [0.3, 0.4) is 0 Å². The number of para-hydroxylation sites is 1. The van der Waals surface area contributed by atoms with Crippen LogP contribution in [0.5, 0.6) is 5.75 Å². The molecule has 2 aliphatic rings. The largest absolute Gasteiger partial charge is 0.493 e. The van der Waals surface area contributed by atoms with Crippen molar-refractivity contribution in [2.45, 2.75) is 45.2 Å². The molecule has 3 aromatic rings. The third-order valence-corrected chi connectivity index (χ3v) is 6.45. The fourth-order valence-corrected chi connectivity index (χ4v) is 4.84. The monoisotopic (exact) mass is 446 g/mol. The first kappa shape index (κ1) is 21.6. The molecule has 0 bridgehead atoms. The minimum Gasteiger partial charge on any atom is -0.493 e. The van der Waals surface area contributed by atoms with Crippen molar-refractivity contribution >= 4 is 5.91 Å². The second-order valence-corrected chi connectivity index (χ2v) is 8.73. The summed E-state index contributed by atoms with van der Waals surface area (Å²) in [5.41, 5.74) is 2.77. The van der Waals surface area contributed by atoms with Crippen LogP contribution in [0.1, 0.15) is 60.5 Å². The SMILES string of the molecule is CCOc1ccccc1C(=O)N1CCCC1c1nc(-c2cccc(CN3CCCC3)c2)no1. The molecule has 1 unspecified atom stereocenters. The van der Waals surface area contributed by atoms with Gasteiger partial charge in [-0.3, -0.25) is 9.69 Å². The van der Waals surface area contributed by atoms with Crippen LogP contribution in [-0.4, -0.2) is 52.1 Å². The van der Waals surface area contributed by atoms with E-state index >= 15 is 0 Å². The van der Waals surface area contributed by atoms with Gasteiger partial charge in [0.25, 0.3) is 5.91 Å². The Morgan fingerprint density at radius 1 is 1.09 bits per heavy atom. The molecule has 0 saturated carbocycles. The van der Waals surface area contributed by atoms with E-state index in [2.05, 4.69) is 22.2 Å². The van der Waals surface area contributed by atoms with Gasteiger partial charge in [0.2, 0.25) is 11.7 Å². The number of ether oxygens (including phenoxy) is 1. The maximum Gasteiger partial charge on any atom is 0.258 e. The third kappa shape index (κ3) is 4.64. The first-order valence-corrected chi connectivity index (χ1v) is 11.9. The van der Waals surface area contributed by atoms with Crippen LogP contribution in [0.25, 0.3) is 11.4 Å². The van der Waals surface area contributed by atoms with E-state index in [0.717, 1.165) is 38.0 Å². The zero-order valence-electron chi connectivity index (χ0n) is 19.1. The molecular formula is C26H30N4O3. The van der Waals surface area contributed by atoms with Crippen LogP contribution in [0.2, 0.25) is 0 Å². The fourth-order valence-electron chi connectivity index (χ4n) is 4.84. The standard InChI is InChI=1S/C26H30N4O3/c1-2-32-23-13-4-3-11-21(23)26(31)30-16-8-12-22(30)25-27-24(28-33-25)20-10-7-9-19(17-20)18-29-14-5-6-15-29/h3-4,7,9-11,13,17,22H,2,5-6,8,12,14-16,18H2,1H3. The highest BCUT2D eigenvalue weighted by Gasteiger charge is 2.35. The summed E-state index contributed by atoms with van der Waals surface area (Å²) >= 11 is 0. The molecule has 2 fully saturated rings. The van der Waals surface area contributed by atoms with Crippen LogP contribution in [0, 0.1) is 0 Å². The summed E-state index contributed by atoms with van der Waals surface area (Å²) in [6.45, 7) is 6.36. The van der Waals surface area contributed by atoms with Gasteiger partial charge in [0.15, 0.2) is 0 Å². The van der Waals surface area contributed by atoms with Crippen molar-refractivity contribution in [1.82, 2.24) is 19.9 Å². The average molecular weight is 447 g/mol. The lowest BCUT2D eigenvalue weighted by atomic mass is 10.1. The van der Waals surface area contributed by atoms with Gasteiger partial charge in [-0.1, -0.05) is 35.5 Å². The van der Waals surface area contributed by atoms with Gasteiger partial charge in [-0.2, -0.15) is 4.98 Å². The second kappa shape index (κ2) is 9.75. The molecule has 1 aromatic heterocycles. The van der Waals surface area contributed by atoms with Crippen molar-refractivity contribution < 1.29 is 14.1 Å². The molecule has 2 saturated heterocycles. The van der Waals surface area contributed by atoms with Gasteiger partial charge in [-0.05, 0) is 69.5 Å². The average Bonchev–Trinajstić information content (AvgIpc) is 3.61. The highest BCUT2D eigenvalue weighted by atomic mass is 16.5. The highest BCUT2D eigenvalue weighted by molar-refractivity contribution is 5.97. The van der Waals surface area contributed by atoms with E-state index in [1.807, 2.05) is 48.2 Å². The number of hydrogen-bond acceptors (Lipinski definition) is 6. The Morgan fingerprint density at radius 3 is 2.79 bits per heavy atom. The summed E-state index contributed by atoms with van der Waals surface area (Å²) in [6.07, 6.45) is 4.26. The van der Waals surface area contributed by atoms with Crippen molar-refractivity contribution in [2.24, 2.45) is 0 Å². The Morgan fingerprint density at radius 2 is 1.94 bits per heavy atom. The summed E-state index contributed by atoms with van der Waals surface area (Å²) in [4.78, 5) is 22.4. The summed E-state index contributed by atoms with van der Waals surface area (Å²) in [5, 5.41) is 4.26. The number of carbonyl (C=O) groups is 1. The van der Waals surface area contributed by atoms with Gasteiger partial charge >= 0.3 is 0 Å². The van der Waals surface area contributed by atoms with Gasteiger partial charge < -0.3 is 14.2 Å². The van der Waals surface area contributed by atoms with E-state index in [-0.39, 0.29) is 11.9 Å². The van der Waals surface area contributed by atoms with E-state index in [0.29, 0.717) is 36.2 Å². The van der Waals surface area contributed by atoms with Crippen molar-refractivity contribution in [3.05, 3.63) is 65.5 Å². The van der Waals surface area contributed by atoms with Gasteiger partial charge in [-0.25, -0.2) is 0 Å². The molecule has 172 valence electrons. The number of aromatic nitrogens is 2. The van der Waals surface area contributed by atoms with E-state index in [4.69, 9.17) is 14.2 Å². The smallest absolute Gasteiger partial charge is 0.258 e. The van der Waals surface area contributed by atoms with Crippen molar-refractivity contribution in [3.63, 3.8) is 0 Å². The number of rotatable bonds is 7. The first-order chi connectivity index (χ1) is 16.2. The fraction of sp³-hybridized carbons (Fsp3) is 0.423. The van der Waals surface area contributed by atoms with Gasteiger partial charge in [0, 0.05) is 18.7 Å². The molecule has 2 aromatic carbocycles. The lowest BCUT2D eigenvalue weighted by molar-refractivity contribution is 0.0706. The van der Waals surface area contributed by atoms with Gasteiger partial charge in [-0.15, -0.1) is 0 Å². The van der Waals surface area contributed by atoms with Crippen molar-refractivity contribution in [2.75, 3.05) is 26.2 Å². The predicted octanol–water partition coefficient (Wildman–Crippen LogP) is 4.71. The van der Waals surface area contributed by atoms with Crippen LogP contribution in [0.15, 0.2) is 53.1 Å². The number of likely N-dealkylation sites (tertiary alicyclic amines) is 2. The minimum absolute atomic E-state index is 0.0612. The molecule has 0 aliphatic carbocycles. The van der Waals surface area contributed by atoms with Crippen LogP contribution in [-0.2, 0) is 6.54 Å². The van der Waals surface area contributed by atoms with E-state index in [1.165, 1.54) is 18.4 Å². The lowest BCUT2D eigenvalue weighted by Gasteiger charge is -2.23. The van der Waals surface area contributed by atoms with Crippen molar-refractivity contribution in [3.8, 4) is 17.1 Å². The predicted molar refractivity (Wildman–Crippen MR) is 125 cm³/mol. The zero-order valence-corrected chi connectivity index (χ0v) is 19.1. The minimum atomic E-state index is -0.221. The first-order valence-electron chi connectivity index (χ1n) is 11.9. The molecule has 0 spiro atoms. The Labute approximate surface area is 194 Å². The Balaban J connectivity index is 1.35. The second-order valence-electron chi connectivity index (χ2n) is 8.73. The van der Waals surface area contributed by atoms with Gasteiger partial charge in [0.1, 0.15) is 11.8 Å². The molecule has 7 nitrogen and oxygen atoms in total. The Bertz CT molecular complexity index is 1110. The topological polar surface area (TPSA) is 71.7 Å². The zero-order chi connectivity index (χ0) is 22.6. The summed E-state index contributed by atoms with van der Waals surface area (Å²) in [7, 11) is 0. The molecule has 7 heteroatoms. The molecule has 1 amide bonds. The van der Waals surface area contributed by atoms with E-state index < -0.39 is 0 Å². The van der Waals surface area contributed by atoms with E-state index in [9.17, 15) is 4.79 Å². The van der Waals surface area contributed by atoms with Crippen molar-refractivity contribution in [1.29, 1.82) is 0 Å². The summed E-state index contributed by atoms with van der Waals surface area (Å²) < 4.78 is 11.4. The molecule has 33 heavy (non-hydrogen) atoms. The molecule has 0 radical (unpaired) electrons. The van der Waals surface area contributed by atoms with Crippen LogP contribution in [0.4, 0.5) is 0 Å². The lowest BCUT2D eigenvalue weighted by Crippen LogP contribution is -2.31. The van der Waals surface area contributed by atoms with Gasteiger partial charge in [0.05, 0.1) is 12.2 Å². The molecular weight excluding hydrogens is 416 g/mol. The number of benzene rings is 2. The normalized spacial score (nSPS) is 18.7. The number of amides is 1. The maximum atomic E-state index is 13.4. The highest BCUT2D eigenvalue weighted by Crippen LogP contribution is 2.34. The van der Waals surface area contributed by atoms with Crippen LogP contribution < -0.4 is 4.74 Å². The number of nitrogens with zero attached hydrogens (tertiary/aromatic N) is 4. The number of hydrogen-bond donors (Lipinski definition) is 0. The van der Waals surface area contributed by atoms with E-state index in [1.54, 1.807) is 0 Å². The third-order valence-electron chi connectivity index (χ3n) is 6.45. The molecule has 3 heterocycles. The summed E-state index contributed by atoms with van der Waals surface area (Å²) in [5.74, 6) is 1.61.